The van der Waals surface area contributed by atoms with Crippen molar-refractivity contribution in [2.24, 2.45) is 5.73 Å². The van der Waals surface area contributed by atoms with Crippen molar-refractivity contribution < 1.29 is 4.74 Å². The maximum atomic E-state index is 6.14. The van der Waals surface area contributed by atoms with E-state index in [-0.39, 0.29) is 6.04 Å². The van der Waals surface area contributed by atoms with Gasteiger partial charge in [0.25, 0.3) is 0 Å². The largest absolute Gasteiger partial charge is 0.497 e. The van der Waals surface area contributed by atoms with Crippen molar-refractivity contribution in [2.45, 2.75) is 18.9 Å². The number of halogens is 2. The zero-order valence-electron chi connectivity index (χ0n) is 14.1. The number of hydrogen-bond donors (Lipinski definition) is 2. The van der Waals surface area contributed by atoms with Gasteiger partial charge in [-0.1, -0.05) is 11.6 Å². The number of pyridine rings is 1. The summed E-state index contributed by atoms with van der Waals surface area (Å²) in [5.74, 6) is 1.28. The number of methoxy groups -OCH3 is 1. The molecular formula is C19H21Cl2N3O. The zero-order chi connectivity index (χ0) is 17.8. The third-order valence-corrected chi connectivity index (χ3v) is 4.83. The Morgan fingerprint density at radius 2 is 2.00 bits per heavy atom. The number of aromatic nitrogens is 1. The molecule has 3 rings (SSSR count). The molecule has 0 aliphatic rings. The highest BCUT2D eigenvalue weighted by atomic mass is 35.5. The van der Waals surface area contributed by atoms with Crippen molar-refractivity contribution in [3.63, 3.8) is 0 Å². The van der Waals surface area contributed by atoms with Gasteiger partial charge in [-0.2, -0.15) is 0 Å². The van der Waals surface area contributed by atoms with E-state index in [9.17, 15) is 0 Å². The first-order valence-corrected chi connectivity index (χ1v) is 9.16. The van der Waals surface area contributed by atoms with Crippen LogP contribution in [0.15, 0.2) is 36.4 Å². The highest BCUT2D eigenvalue weighted by Crippen LogP contribution is 2.34. The van der Waals surface area contributed by atoms with Gasteiger partial charge in [0.1, 0.15) is 5.75 Å². The molecule has 1 aromatic heterocycles. The van der Waals surface area contributed by atoms with Crippen LogP contribution in [0, 0.1) is 0 Å². The third-order valence-electron chi connectivity index (χ3n) is 4.19. The maximum Gasteiger partial charge on any atom is 0.119 e. The van der Waals surface area contributed by atoms with E-state index in [4.69, 9.17) is 38.7 Å². The van der Waals surface area contributed by atoms with E-state index >= 15 is 0 Å². The predicted octanol–water partition coefficient (Wildman–Crippen LogP) is 4.81. The second-order valence-corrected chi connectivity index (χ2v) is 6.76. The van der Waals surface area contributed by atoms with E-state index in [0.29, 0.717) is 10.9 Å². The number of rotatable bonds is 7. The van der Waals surface area contributed by atoms with Crippen LogP contribution in [0.5, 0.6) is 5.75 Å². The number of hydrogen-bond acceptors (Lipinski definition) is 4. The molecule has 0 saturated carbocycles. The lowest BCUT2D eigenvalue weighted by molar-refractivity contribution is 0.415. The summed E-state index contributed by atoms with van der Waals surface area (Å²) < 4.78 is 5.37. The second-order valence-electron chi connectivity index (χ2n) is 6.01. The summed E-state index contributed by atoms with van der Waals surface area (Å²) in [5.41, 5.74) is 8.69. The molecule has 1 heterocycles. The van der Waals surface area contributed by atoms with Crippen LogP contribution in [0.25, 0.3) is 21.8 Å². The Hall–Kier alpha value is -1.75. The summed E-state index contributed by atoms with van der Waals surface area (Å²) >= 11 is 11.9. The molecule has 132 valence electrons. The fourth-order valence-corrected chi connectivity index (χ4v) is 3.19. The van der Waals surface area contributed by atoms with E-state index in [1.165, 1.54) is 0 Å². The lowest BCUT2D eigenvalue weighted by Crippen LogP contribution is -2.22. The fourth-order valence-electron chi connectivity index (χ4n) is 2.87. The Morgan fingerprint density at radius 3 is 2.76 bits per heavy atom. The summed E-state index contributed by atoms with van der Waals surface area (Å²) in [5, 5.41) is 6.27. The van der Waals surface area contributed by atoms with Crippen LogP contribution >= 0.6 is 23.2 Å². The first-order valence-electron chi connectivity index (χ1n) is 8.25. The van der Waals surface area contributed by atoms with E-state index in [1.807, 2.05) is 36.4 Å². The Balaban J connectivity index is 2.00. The number of fused-ring (bicyclic) bond motifs is 2. The SMILES string of the molecule is COc1ccc2nc3cc(Cl)ccc3c(NCCCC(N)CCl)c2c1. The summed E-state index contributed by atoms with van der Waals surface area (Å²) in [6.07, 6.45) is 1.82. The molecule has 0 bridgehead atoms. The van der Waals surface area contributed by atoms with Crippen LogP contribution in [0.2, 0.25) is 5.02 Å². The molecule has 0 spiro atoms. The molecular weight excluding hydrogens is 357 g/mol. The molecule has 0 amide bonds. The van der Waals surface area contributed by atoms with Crippen LogP contribution in [-0.2, 0) is 0 Å². The average molecular weight is 378 g/mol. The van der Waals surface area contributed by atoms with Gasteiger partial charge in [0.05, 0.1) is 23.8 Å². The molecule has 0 aliphatic heterocycles. The van der Waals surface area contributed by atoms with Crippen molar-refractivity contribution in [1.29, 1.82) is 0 Å². The molecule has 0 saturated heterocycles. The number of ether oxygens (including phenoxy) is 1. The van der Waals surface area contributed by atoms with Gasteiger partial charge in [-0.05, 0) is 49.2 Å². The zero-order valence-corrected chi connectivity index (χ0v) is 15.6. The summed E-state index contributed by atoms with van der Waals surface area (Å²) in [6, 6.07) is 11.7. The summed E-state index contributed by atoms with van der Waals surface area (Å²) in [4.78, 5) is 4.73. The van der Waals surface area contributed by atoms with Gasteiger partial charge in [-0.25, -0.2) is 4.98 Å². The molecule has 1 unspecified atom stereocenters. The first kappa shape index (κ1) is 18.1. The molecule has 1 atom stereocenters. The topological polar surface area (TPSA) is 60.2 Å². The minimum absolute atomic E-state index is 0.0355. The minimum atomic E-state index is 0.0355. The van der Waals surface area contributed by atoms with Crippen molar-refractivity contribution in [3.8, 4) is 5.75 Å². The smallest absolute Gasteiger partial charge is 0.119 e. The molecule has 25 heavy (non-hydrogen) atoms. The van der Waals surface area contributed by atoms with Crippen LogP contribution < -0.4 is 15.8 Å². The number of alkyl halides is 1. The first-order chi connectivity index (χ1) is 12.1. The third kappa shape index (κ3) is 4.09. The molecule has 3 N–H and O–H groups in total. The van der Waals surface area contributed by atoms with Crippen LogP contribution in [0.3, 0.4) is 0 Å². The quantitative estimate of drug-likeness (QED) is 0.352. The summed E-state index contributed by atoms with van der Waals surface area (Å²) in [7, 11) is 1.66. The predicted molar refractivity (Wildman–Crippen MR) is 107 cm³/mol. The number of anilines is 1. The highest BCUT2D eigenvalue weighted by molar-refractivity contribution is 6.31. The van der Waals surface area contributed by atoms with E-state index < -0.39 is 0 Å². The average Bonchev–Trinajstić information content (AvgIpc) is 2.63. The van der Waals surface area contributed by atoms with Gasteiger partial charge < -0.3 is 15.8 Å². The standard InChI is InChI=1S/C19H21Cl2N3O/c1-25-14-5-7-17-16(10-14)19(23-8-2-3-13(22)11-20)15-6-4-12(21)9-18(15)24-17/h4-7,9-10,13H,2-3,8,11,22H2,1H3,(H,23,24). The van der Waals surface area contributed by atoms with Crippen molar-refractivity contribution in [2.75, 3.05) is 24.9 Å². The number of nitrogens with two attached hydrogens (primary N) is 1. The van der Waals surface area contributed by atoms with Crippen molar-refractivity contribution in [1.82, 2.24) is 4.98 Å². The maximum absolute atomic E-state index is 6.14. The minimum Gasteiger partial charge on any atom is -0.497 e. The molecule has 6 heteroatoms. The van der Waals surface area contributed by atoms with Gasteiger partial charge in [-0.15, -0.1) is 11.6 Å². The van der Waals surface area contributed by atoms with Gasteiger partial charge in [-0.3, -0.25) is 0 Å². The number of benzene rings is 2. The lowest BCUT2D eigenvalue weighted by Gasteiger charge is -2.15. The van der Waals surface area contributed by atoms with Gasteiger partial charge in [0, 0.05) is 34.3 Å². The molecule has 4 nitrogen and oxygen atoms in total. The normalized spacial score (nSPS) is 12.5. The molecule has 0 aliphatic carbocycles. The molecule has 2 aromatic carbocycles. The highest BCUT2D eigenvalue weighted by Gasteiger charge is 2.11. The Morgan fingerprint density at radius 1 is 1.16 bits per heavy atom. The van der Waals surface area contributed by atoms with Gasteiger partial charge in [0.2, 0.25) is 0 Å². The van der Waals surface area contributed by atoms with Gasteiger partial charge >= 0.3 is 0 Å². The fraction of sp³-hybridized carbons (Fsp3) is 0.316. The Kier molecular flexibility index (Phi) is 5.84. The Bertz CT molecular complexity index is 885. The second kappa shape index (κ2) is 8.09. The monoisotopic (exact) mass is 377 g/mol. The van der Waals surface area contributed by atoms with Crippen LogP contribution in [0.1, 0.15) is 12.8 Å². The molecule has 0 fully saturated rings. The van der Waals surface area contributed by atoms with Gasteiger partial charge in [0.15, 0.2) is 0 Å². The van der Waals surface area contributed by atoms with Crippen molar-refractivity contribution >= 4 is 50.7 Å². The molecule has 0 radical (unpaired) electrons. The van der Waals surface area contributed by atoms with Crippen LogP contribution in [-0.4, -0.2) is 30.6 Å². The van der Waals surface area contributed by atoms with Crippen molar-refractivity contribution in [3.05, 3.63) is 41.4 Å². The van der Waals surface area contributed by atoms with Crippen LogP contribution in [0.4, 0.5) is 5.69 Å². The lowest BCUT2D eigenvalue weighted by atomic mass is 10.1. The van der Waals surface area contributed by atoms with E-state index in [1.54, 1.807) is 7.11 Å². The number of nitrogens with one attached hydrogen (secondary N) is 1. The number of nitrogens with zero attached hydrogens (tertiary/aromatic N) is 1. The van der Waals surface area contributed by atoms with E-state index in [2.05, 4.69) is 5.32 Å². The van der Waals surface area contributed by atoms with E-state index in [0.717, 1.165) is 52.6 Å². The Labute approximate surface area is 157 Å². The molecule has 3 aromatic rings. The summed E-state index contributed by atoms with van der Waals surface area (Å²) in [6.45, 7) is 0.804.